The van der Waals surface area contributed by atoms with E-state index in [0.29, 0.717) is 33.6 Å². The maximum atomic E-state index is 12.7. The molecular weight excluding hydrogens is 467 g/mol. The molecule has 0 unspecified atom stereocenters. The van der Waals surface area contributed by atoms with Gasteiger partial charge in [0, 0.05) is 28.8 Å². The molecule has 0 aliphatic carbocycles. The molecule has 2 N–H and O–H groups in total. The Bertz CT molecular complexity index is 820. The van der Waals surface area contributed by atoms with E-state index in [1.807, 2.05) is 0 Å². The zero-order valence-corrected chi connectivity index (χ0v) is 17.6. The lowest BCUT2D eigenvalue weighted by Gasteiger charge is -2.11. The van der Waals surface area contributed by atoms with Gasteiger partial charge in [-0.15, -0.1) is 0 Å². The number of sulfone groups is 1. The Balaban J connectivity index is 0.000000483. The van der Waals surface area contributed by atoms with E-state index in [9.17, 15) is 26.0 Å². The molecule has 28 heavy (non-hydrogen) atoms. The molecule has 0 aliphatic heterocycles. The Kier molecular flexibility index (Phi) is 10.8. The molecule has 2 aromatic carbocycles. The van der Waals surface area contributed by atoms with Gasteiger partial charge in [0.2, 0.25) is 9.84 Å². The van der Waals surface area contributed by atoms with Gasteiger partial charge in [0.05, 0.1) is 4.90 Å². The van der Waals surface area contributed by atoms with Crippen LogP contribution in [0.15, 0.2) is 58.3 Å². The Labute approximate surface area is 173 Å². The van der Waals surface area contributed by atoms with Gasteiger partial charge in [-0.3, -0.25) is 10.5 Å². The van der Waals surface area contributed by atoms with Gasteiger partial charge < -0.3 is 0 Å². The van der Waals surface area contributed by atoms with Crippen molar-refractivity contribution in [2.24, 2.45) is 0 Å². The van der Waals surface area contributed by atoms with Crippen molar-refractivity contribution in [2.45, 2.75) is 34.1 Å². The van der Waals surface area contributed by atoms with Crippen LogP contribution in [0.1, 0.15) is 13.8 Å². The molecule has 158 valence electrons. The van der Waals surface area contributed by atoms with Crippen LogP contribution >= 0.6 is 35.0 Å². The van der Waals surface area contributed by atoms with Crippen LogP contribution in [-0.4, -0.2) is 29.4 Å². The molecule has 0 amide bonds. The first kappa shape index (κ1) is 27.0. The SMILES string of the molecule is CC(F)(F)S(=O)(=O)c1ccc(Cl)cc1.CC(F)(F)Sc1ccc(Cl)cc1.OO. The predicted octanol–water partition coefficient (Wildman–Crippen LogP) is 6.79. The standard InChI is InChI=1S/C8H7ClF2O2S.C8H7ClF2S.H2O2/c1-8(10,11)14(12,13)7-4-2-6(9)3-5-7;1-8(10,11)12-7-4-2-6(9)3-5-7;1-2/h2-5H,1H3;2-5H,1H3;1-2H. The Hall–Kier alpha value is -1.04. The average Bonchev–Trinajstić information content (AvgIpc) is 2.58. The summed E-state index contributed by atoms with van der Waals surface area (Å²) in [5, 5.41) is 6.34. The van der Waals surface area contributed by atoms with Crippen LogP contribution in [0, 0.1) is 0 Å². The van der Waals surface area contributed by atoms with Gasteiger partial charge in [-0.2, -0.15) is 17.6 Å². The van der Waals surface area contributed by atoms with E-state index in [1.165, 1.54) is 12.1 Å². The van der Waals surface area contributed by atoms with E-state index in [4.69, 9.17) is 33.7 Å². The summed E-state index contributed by atoms with van der Waals surface area (Å²) in [5.74, 6) is 0. The van der Waals surface area contributed by atoms with Crippen LogP contribution < -0.4 is 0 Å². The molecule has 0 radical (unpaired) electrons. The smallest absolute Gasteiger partial charge is 0.255 e. The fourth-order valence-corrected chi connectivity index (χ4v) is 3.38. The highest BCUT2D eigenvalue weighted by Gasteiger charge is 2.40. The van der Waals surface area contributed by atoms with E-state index in [0.717, 1.165) is 19.1 Å². The minimum Gasteiger partial charge on any atom is -0.255 e. The maximum Gasteiger partial charge on any atom is 0.347 e. The quantitative estimate of drug-likeness (QED) is 0.217. The molecule has 0 aliphatic rings. The third-order valence-electron chi connectivity index (χ3n) is 2.71. The van der Waals surface area contributed by atoms with Crippen LogP contribution in [0.2, 0.25) is 10.0 Å². The minimum atomic E-state index is -4.59. The van der Waals surface area contributed by atoms with E-state index in [1.54, 1.807) is 24.3 Å². The zero-order chi connectivity index (χ0) is 22.2. The molecule has 0 heterocycles. The topological polar surface area (TPSA) is 74.6 Å². The summed E-state index contributed by atoms with van der Waals surface area (Å²) in [6, 6.07) is 10.9. The summed E-state index contributed by atoms with van der Waals surface area (Å²) < 4.78 is 72.6. The van der Waals surface area contributed by atoms with Crippen LogP contribution in [0.25, 0.3) is 0 Å². The summed E-state index contributed by atoms with van der Waals surface area (Å²) in [6.07, 6.45) is 0. The molecule has 4 nitrogen and oxygen atoms in total. The van der Waals surface area contributed by atoms with Crippen molar-refractivity contribution < 1.29 is 36.5 Å². The molecule has 12 heteroatoms. The number of halogens is 6. The molecule has 2 rings (SSSR count). The molecule has 0 aromatic heterocycles. The van der Waals surface area contributed by atoms with Gasteiger partial charge >= 0.3 is 5.25 Å². The van der Waals surface area contributed by atoms with Gasteiger partial charge in [-0.25, -0.2) is 8.42 Å². The highest BCUT2D eigenvalue weighted by Crippen LogP contribution is 2.35. The molecule has 0 spiro atoms. The molecule has 0 atom stereocenters. The summed E-state index contributed by atoms with van der Waals surface area (Å²) in [4.78, 5) is 0.0845. The van der Waals surface area contributed by atoms with Crippen molar-refractivity contribution in [3.63, 3.8) is 0 Å². The second kappa shape index (κ2) is 11.2. The lowest BCUT2D eigenvalue weighted by molar-refractivity contribution is -0.176. The molecular formula is C16H16Cl2F4O4S2. The van der Waals surface area contributed by atoms with Gasteiger partial charge in [-0.1, -0.05) is 35.0 Å². The van der Waals surface area contributed by atoms with Crippen LogP contribution in [0.5, 0.6) is 0 Å². The second-order valence-electron chi connectivity index (χ2n) is 5.13. The van der Waals surface area contributed by atoms with Crippen molar-refractivity contribution in [2.75, 3.05) is 0 Å². The van der Waals surface area contributed by atoms with Gasteiger partial charge in [-0.05, 0) is 48.5 Å². The second-order valence-corrected chi connectivity index (χ2v) is 9.59. The van der Waals surface area contributed by atoms with Crippen molar-refractivity contribution in [1.29, 1.82) is 0 Å². The number of hydrogen-bond acceptors (Lipinski definition) is 5. The Morgan fingerprint density at radius 1 is 0.821 bits per heavy atom. The predicted molar refractivity (Wildman–Crippen MR) is 102 cm³/mol. The number of benzene rings is 2. The van der Waals surface area contributed by atoms with Crippen LogP contribution in [0.3, 0.4) is 0 Å². The minimum absolute atomic E-state index is 0.295. The molecule has 0 saturated heterocycles. The van der Waals surface area contributed by atoms with Crippen LogP contribution in [-0.2, 0) is 9.84 Å². The fraction of sp³-hybridized carbons (Fsp3) is 0.250. The number of rotatable bonds is 4. The Morgan fingerprint density at radius 3 is 1.50 bits per heavy atom. The summed E-state index contributed by atoms with van der Waals surface area (Å²) >= 11 is 11.6. The fourth-order valence-electron chi connectivity index (χ4n) is 1.53. The largest absolute Gasteiger partial charge is 0.347 e. The number of thioether (sulfide) groups is 1. The van der Waals surface area contributed by atoms with Gasteiger partial charge in [0.15, 0.2) is 0 Å². The summed E-state index contributed by atoms with van der Waals surface area (Å²) in [6.45, 7) is 1.21. The van der Waals surface area contributed by atoms with E-state index in [-0.39, 0.29) is 0 Å². The van der Waals surface area contributed by atoms with Gasteiger partial charge in [0.1, 0.15) is 0 Å². The molecule has 0 saturated carbocycles. The zero-order valence-electron chi connectivity index (χ0n) is 14.4. The summed E-state index contributed by atoms with van der Waals surface area (Å²) in [5.41, 5.74) is 0. The first-order valence-corrected chi connectivity index (χ1v) is 10.2. The maximum absolute atomic E-state index is 12.7. The number of alkyl halides is 4. The molecule has 0 bridgehead atoms. The molecule has 0 fully saturated rings. The highest BCUT2D eigenvalue weighted by atomic mass is 35.5. The monoisotopic (exact) mass is 482 g/mol. The lowest BCUT2D eigenvalue weighted by Crippen LogP contribution is -2.24. The number of hydrogen-bond donors (Lipinski definition) is 2. The third-order valence-corrected chi connectivity index (χ3v) is 5.91. The van der Waals surface area contributed by atoms with Crippen molar-refractivity contribution in [1.82, 2.24) is 0 Å². The van der Waals surface area contributed by atoms with Gasteiger partial charge in [0.25, 0.3) is 5.25 Å². The van der Waals surface area contributed by atoms with E-state index < -0.39 is 25.2 Å². The summed E-state index contributed by atoms with van der Waals surface area (Å²) in [7, 11) is -4.59. The van der Waals surface area contributed by atoms with E-state index >= 15 is 0 Å². The normalized spacial score (nSPS) is 11.6. The first-order valence-electron chi connectivity index (χ1n) is 7.13. The highest BCUT2D eigenvalue weighted by molar-refractivity contribution is 8.00. The van der Waals surface area contributed by atoms with Crippen molar-refractivity contribution >= 4 is 44.8 Å². The van der Waals surface area contributed by atoms with Crippen molar-refractivity contribution in [3.8, 4) is 0 Å². The Morgan fingerprint density at radius 2 is 1.18 bits per heavy atom. The molecule has 2 aromatic rings. The van der Waals surface area contributed by atoms with Crippen LogP contribution in [0.4, 0.5) is 17.6 Å². The average molecular weight is 483 g/mol. The first-order chi connectivity index (χ1) is 12.7. The van der Waals surface area contributed by atoms with E-state index in [2.05, 4.69) is 0 Å². The third kappa shape index (κ3) is 9.44. The lowest BCUT2D eigenvalue weighted by atomic mass is 10.4. The van der Waals surface area contributed by atoms with Crippen molar-refractivity contribution in [3.05, 3.63) is 58.6 Å².